The molecule has 0 radical (unpaired) electrons. The van der Waals surface area contributed by atoms with Crippen molar-refractivity contribution in [1.82, 2.24) is 9.55 Å². The van der Waals surface area contributed by atoms with Crippen molar-refractivity contribution in [3.8, 4) is 5.69 Å². The van der Waals surface area contributed by atoms with Gasteiger partial charge in [-0.2, -0.15) is 0 Å². The summed E-state index contributed by atoms with van der Waals surface area (Å²) >= 11 is 0. The van der Waals surface area contributed by atoms with E-state index in [0.29, 0.717) is 5.69 Å². The first-order valence-corrected chi connectivity index (χ1v) is 4.83. The number of nitrogens with two attached hydrogens (primary N) is 2. The lowest BCUT2D eigenvalue weighted by molar-refractivity contribution is 0.0960. The predicted octanol–water partition coefficient (Wildman–Crippen LogP) is 0.0701. The van der Waals surface area contributed by atoms with Crippen LogP contribution < -0.4 is 11.5 Å². The molecule has 0 saturated carbocycles. The zero-order valence-corrected chi connectivity index (χ0v) is 8.83. The molecular formula is C11H10N4O2. The number of carbonyl (C=O) groups excluding carboxylic acids is 2. The van der Waals surface area contributed by atoms with Gasteiger partial charge in [-0.25, -0.2) is 4.98 Å². The first kappa shape index (κ1) is 10.9. The molecule has 86 valence electrons. The van der Waals surface area contributed by atoms with Crippen LogP contribution in [0.5, 0.6) is 0 Å². The number of primary amides is 2. The third-order valence-electron chi connectivity index (χ3n) is 2.27. The Morgan fingerprint density at radius 2 is 1.71 bits per heavy atom. The van der Waals surface area contributed by atoms with Gasteiger partial charge in [0.2, 0.25) is 0 Å². The third kappa shape index (κ3) is 1.87. The summed E-state index contributed by atoms with van der Waals surface area (Å²) in [6, 6.07) is 8.95. The molecule has 2 aromatic rings. The Morgan fingerprint density at radius 1 is 1.06 bits per heavy atom. The van der Waals surface area contributed by atoms with Gasteiger partial charge in [0.25, 0.3) is 11.8 Å². The van der Waals surface area contributed by atoms with Crippen LogP contribution in [0.3, 0.4) is 0 Å². The summed E-state index contributed by atoms with van der Waals surface area (Å²) in [5.41, 5.74) is 10.9. The van der Waals surface area contributed by atoms with Crippen molar-refractivity contribution in [2.75, 3.05) is 0 Å². The number of amides is 2. The SMILES string of the molecule is NC(=O)c1ncn(-c2ccccc2)c1C(N)=O. The van der Waals surface area contributed by atoms with E-state index in [0.717, 1.165) is 0 Å². The number of imidazole rings is 1. The Balaban J connectivity index is 2.64. The molecule has 1 aromatic carbocycles. The van der Waals surface area contributed by atoms with E-state index in [2.05, 4.69) is 4.98 Å². The molecule has 6 nitrogen and oxygen atoms in total. The number of aromatic nitrogens is 2. The standard InChI is InChI=1S/C11H10N4O2/c12-10(16)8-9(11(13)17)15(6-14-8)7-4-2-1-3-5-7/h1-6H,(H2,12,16)(H2,13,17). The Hall–Kier alpha value is -2.63. The quantitative estimate of drug-likeness (QED) is 0.779. The van der Waals surface area contributed by atoms with Crippen molar-refractivity contribution in [3.05, 3.63) is 48.0 Å². The molecule has 0 fully saturated rings. The van der Waals surface area contributed by atoms with Crippen LogP contribution in [0.15, 0.2) is 36.7 Å². The molecule has 17 heavy (non-hydrogen) atoms. The maximum Gasteiger partial charge on any atom is 0.269 e. The Kier molecular flexibility index (Phi) is 2.61. The molecule has 2 rings (SSSR count). The fourth-order valence-electron chi connectivity index (χ4n) is 1.55. The van der Waals surface area contributed by atoms with E-state index in [9.17, 15) is 9.59 Å². The van der Waals surface area contributed by atoms with Crippen molar-refractivity contribution in [3.63, 3.8) is 0 Å². The highest BCUT2D eigenvalue weighted by Crippen LogP contribution is 2.14. The van der Waals surface area contributed by atoms with Crippen LogP contribution in [0.25, 0.3) is 5.69 Å². The normalized spacial score (nSPS) is 10.1. The predicted molar refractivity (Wildman–Crippen MR) is 60.6 cm³/mol. The van der Waals surface area contributed by atoms with E-state index in [1.165, 1.54) is 10.9 Å². The molecule has 0 bridgehead atoms. The molecule has 0 aliphatic carbocycles. The van der Waals surface area contributed by atoms with Crippen LogP contribution in [0.4, 0.5) is 0 Å². The second kappa shape index (κ2) is 4.09. The van der Waals surface area contributed by atoms with Crippen LogP contribution in [0, 0.1) is 0 Å². The van der Waals surface area contributed by atoms with Crippen LogP contribution >= 0.6 is 0 Å². The number of hydrogen-bond acceptors (Lipinski definition) is 3. The van der Waals surface area contributed by atoms with E-state index in [-0.39, 0.29) is 11.4 Å². The average molecular weight is 230 g/mol. The number of para-hydroxylation sites is 1. The van der Waals surface area contributed by atoms with Gasteiger partial charge < -0.3 is 11.5 Å². The molecular weight excluding hydrogens is 220 g/mol. The highest BCUT2D eigenvalue weighted by atomic mass is 16.2. The Morgan fingerprint density at radius 3 is 2.24 bits per heavy atom. The molecule has 1 aromatic heterocycles. The van der Waals surface area contributed by atoms with E-state index in [4.69, 9.17) is 11.5 Å². The summed E-state index contributed by atoms with van der Waals surface area (Å²) < 4.78 is 1.43. The average Bonchev–Trinajstić information content (AvgIpc) is 2.74. The zero-order chi connectivity index (χ0) is 12.4. The topological polar surface area (TPSA) is 104 Å². The molecule has 0 saturated heterocycles. The summed E-state index contributed by atoms with van der Waals surface area (Å²) in [5, 5.41) is 0. The van der Waals surface area contributed by atoms with Gasteiger partial charge in [-0.15, -0.1) is 0 Å². The van der Waals surface area contributed by atoms with Gasteiger partial charge in [0.15, 0.2) is 5.69 Å². The molecule has 1 heterocycles. The maximum atomic E-state index is 11.3. The van der Waals surface area contributed by atoms with Crippen LogP contribution in [0.2, 0.25) is 0 Å². The van der Waals surface area contributed by atoms with E-state index >= 15 is 0 Å². The molecule has 0 unspecified atom stereocenters. The Bertz CT molecular complexity index is 574. The fourth-order valence-corrected chi connectivity index (χ4v) is 1.55. The smallest absolute Gasteiger partial charge is 0.269 e. The van der Waals surface area contributed by atoms with Crippen LogP contribution in [-0.2, 0) is 0 Å². The highest BCUT2D eigenvalue weighted by Gasteiger charge is 2.20. The molecule has 6 heteroatoms. The van der Waals surface area contributed by atoms with Gasteiger partial charge in [-0.3, -0.25) is 14.2 Å². The lowest BCUT2D eigenvalue weighted by Gasteiger charge is -2.05. The van der Waals surface area contributed by atoms with Gasteiger partial charge in [0.1, 0.15) is 12.0 Å². The summed E-state index contributed by atoms with van der Waals surface area (Å²) in [5.74, 6) is -1.53. The second-order valence-corrected chi connectivity index (χ2v) is 3.38. The molecule has 4 N–H and O–H groups in total. The number of hydrogen-bond donors (Lipinski definition) is 2. The van der Waals surface area contributed by atoms with Gasteiger partial charge in [0.05, 0.1) is 0 Å². The lowest BCUT2D eigenvalue weighted by Crippen LogP contribution is -2.22. The van der Waals surface area contributed by atoms with Gasteiger partial charge >= 0.3 is 0 Å². The molecule has 0 aliphatic rings. The van der Waals surface area contributed by atoms with E-state index in [1.54, 1.807) is 24.3 Å². The fraction of sp³-hybridized carbons (Fsp3) is 0. The van der Waals surface area contributed by atoms with E-state index < -0.39 is 11.8 Å². The van der Waals surface area contributed by atoms with Crippen molar-refractivity contribution >= 4 is 11.8 Å². The third-order valence-corrected chi connectivity index (χ3v) is 2.27. The zero-order valence-electron chi connectivity index (χ0n) is 8.83. The number of rotatable bonds is 3. The summed E-state index contributed by atoms with van der Waals surface area (Å²) in [6.07, 6.45) is 1.34. The van der Waals surface area contributed by atoms with Gasteiger partial charge in [-0.1, -0.05) is 18.2 Å². The monoisotopic (exact) mass is 230 g/mol. The summed E-state index contributed by atoms with van der Waals surface area (Å²) in [4.78, 5) is 26.2. The number of nitrogens with zero attached hydrogens (tertiary/aromatic N) is 2. The van der Waals surface area contributed by atoms with E-state index in [1.807, 2.05) is 6.07 Å². The minimum absolute atomic E-state index is 0.0105. The van der Waals surface area contributed by atoms with Crippen LogP contribution in [0.1, 0.15) is 21.0 Å². The van der Waals surface area contributed by atoms with Crippen molar-refractivity contribution < 1.29 is 9.59 Å². The Labute approximate surface area is 96.9 Å². The second-order valence-electron chi connectivity index (χ2n) is 3.38. The van der Waals surface area contributed by atoms with Crippen molar-refractivity contribution in [1.29, 1.82) is 0 Å². The number of carbonyl (C=O) groups is 2. The maximum absolute atomic E-state index is 11.3. The van der Waals surface area contributed by atoms with Gasteiger partial charge in [-0.05, 0) is 12.1 Å². The van der Waals surface area contributed by atoms with Crippen molar-refractivity contribution in [2.45, 2.75) is 0 Å². The van der Waals surface area contributed by atoms with Crippen molar-refractivity contribution in [2.24, 2.45) is 11.5 Å². The van der Waals surface area contributed by atoms with Crippen LogP contribution in [-0.4, -0.2) is 21.4 Å². The molecule has 0 atom stereocenters. The first-order valence-electron chi connectivity index (χ1n) is 4.83. The molecule has 0 aliphatic heterocycles. The summed E-state index contributed by atoms with van der Waals surface area (Å²) in [7, 11) is 0. The minimum atomic E-state index is -0.784. The minimum Gasteiger partial charge on any atom is -0.364 e. The molecule has 2 amide bonds. The lowest BCUT2D eigenvalue weighted by atomic mass is 10.2. The highest BCUT2D eigenvalue weighted by molar-refractivity contribution is 6.04. The largest absolute Gasteiger partial charge is 0.364 e. The molecule has 0 spiro atoms. The summed E-state index contributed by atoms with van der Waals surface area (Å²) in [6.45, 7) is 0. The van der Waals surface area contributed by atoms with Gasteiger partial charge in [0, 0.05) is 5.69 Å². The number of benzene rings is 1. The first-order chi connectivity index (χ1) is 8.11.